The zero-order valence-corrected chi connectivity index (χ0v) is 17.4. The summed E-state index contributed by atoms with van der Waals surface area (Å²) in [5.74, 6) is -4.25. The fourth-order valence-corrected chi connectivity index (χ4v) is 2.87. The fraction of sp³-hybridized carbons (Fsp3) is 0.556. The van der Waals surface area contributed by atoms with Gasteiger partial charge in [0.25, 0.3) is 0 Å². The maximum absolute atomic E-state index is 12.5. The Bertz CT molecular complexity index is 975. The second-order valence-corrected chi connectivity index (χ2v) is 7.40. The van der Waals surface area contributed by atoms with E-state index in [1.165, 1.54) is 19.2 Å². The van der Waals surface area contributed by atoms with Crippen molar-refractivity contribution < 1.29 is 43.0 Å². The summed E-state index contributed by atoms with van der Waals surface area (Å²) in [5, 5.41) is 0. The Balaban J connectivity index is 1.79. The molecule has 3 rings (SSSR count). The van der Waals surface area contributed by atoms with Crippen LogP contribution in [0.15, 0.2) is 17.1 Å². The molecule has 3 heterocycles. The van der Waals surface area contributed by atoms with Crippen LogP contribution in [0.1, 0.15) is 27.0 Å². The number of esters is 3. The van der Waals surface area contributed by atoms with Crippen molar-refractivity contribution in [2.75, 3.05) is 12.1 Å². The van der Waals surface area contributed by atoms with Gasteiger partial charge in [0.05, 0.1) is 5.92 Å². The molecule has 2 aliphatic rings. The lowest BCUT2D eigenvalue weighted by Crippen LogP contribution is -2.49. The first-order chi connectivity index (χ1) is 15.1. The highest BCUT2D eigenvalue weighted by atomic mass is 16.7. The summed E-state index contributed by atoms with van der Waals surface area (Å²) >= 11 is 0. The minimum atomic E-state index is -1.25. The molecule has 0 amide bonds. The van der Waals surface area contributed by atoms with Gasteiger partial charge in [-0.25, -0.2) is 24.7 Å². The van der Waals surface area contributed by atoms with Gasteiger partial charge < -0.3 is 29.5 Å². The van der Waals surface area contributed by atoms with Gasteiger partial charge in [0, 0.05) is 12.3 Å². The zero-order chi connectivity index (χ0) is 23.6. The van der Waals surface area contributed by atoms with Gasteiger partial charge in [-0.15, -0.1) is 0 Å². The molecule has 2 unspecified atom stereocenters. The molecule has 2 aliphatic heterocycles. The Hall–Kier alpha value is -3.52. The molecule has 0 aliphatic carbocycles. The SMILES string of the molecule is CC(C)C(=O)OC[C@H]1O[C@@H](n2ccc(NOC(=O)[C@H](C)N)nc2=O)C2OC(=O)C(=O)OC21. The van der Waals surface area contributed by atoms with Crippen molar-refractivity contribution in [3.05, 3.63) is 22.7 Å². The van der Waals surface area contributed by atoms with E-state index in [0.29, 0.717) is 0 Å². The van der Waals surface area contributed by atoms with Crippen LogP contribution in [0.5, 0.6) is 0 Å². The number of hydrogen-bond donors (Lipinski definition) is 2. The third-order valence-electron chi connectivity index (χ3n) is 4.53. The highest BCUT2D eigenvalue weighted by Gasteiger charge is 2.55. The maximum Gasteiger partial charge on any atom is 0.418 e. The van der Waals surface area contributed by atoms with E-state index in [2.05, 4.69) is 15.3 Å². The van der Waals surface area contributed by atoms with E-state index in [9.17, 15) is 24.0 Å². The number of nitrogens with zero attached hydrogens (tertiary/aromatic N) is 2. The lowest BCUT2D eigenvalue weighted by Gasteiger charge is -2.28. The third-order valence-corrected chi connectivity index (χ3v) is 4.53. The maximum atomic E-state index is 12.5. The number of nitrogens with one attached hydrogen (secondary N) is 1. The lowest BCUT2D eigenvalue weighted by molar-refractivity contribution is -0.195. The largest absolute Gasteiger partial charge is 0.463 e. The number of carbonyl (C=O) groups excluding carboxylic acids is 4. The number of fused-ring (bicyclic) bond motifs is 1. The van der Waals surface area contributed by atoms with Crippen molar-refractivity contribution >= 4 is 29.7 Å². The van der Waals surface area contributed by atoms with Crippen LogP contribution in [0.3, 0.4) is 0 Å². The molecule has 1 aromatic rings. The molecule has 0 spiro atoms. The van der Waals surface area contributed by atoms with E-state index < -0.39 is 66.1 Å². The van der Waals surface area contributed by atoms with Crippen LogP contribution in [0, 0.1) is 5.92 Å². The number of hydrogen-bond acceptors (Lipinski definition) is 13. The first-order valence-corrected chi connectivity index (χ1v) is 9.63. The molecule has 0 saturated carbocycles. The number of nitrogens with two attached hydrogens (primary N) is 1. The lowest BCUT2D eigenvalue weighted by atomic mass is 10.1. The monoisotopic (exact) mass is 454 g/mol. The average Bonchev–Trinajstić information content (AvgIpc) is 3.07. The second kappa shape index (κ2) is 9.32. The Morgan fingerprint density at radius 1 is 1.16 bits per heavy atom. The van der Waals surface area contributed by atoms with Gasteiger partial charge in [0.2, 0.25) is 0 Å². The van der Waals surface area contributed by atoms with Gasteiger partial charge >= 0.3 is 29.6 Å². The molecular formula is C18H22N4O10. The minimum absolute atomic E-state index is 0.0933. The van der Waals surface area contributed by atoms with E-state index in [1.54, 1.807) is 13.8 Å². The summed E-state index contributed by atoms with van der Waals surface area (Å²) in [6.07, 6.45) is -3.27. The topological polar surface area (TPSA) is 187 Å². The van der Waals surface area contributed by atoms with Gasteiger partial charge in [-0.1, -0.05) is 13.8 Å². The predicted octanol–water partition coefficient (Wildman–Crippen LogP) is -1.61. The van der Waals surface area contributed by atoms with Crippen molar-refractivity contribution in [1.29, 1.82) is 0 Å². The van der Waals surface area contributed by atoms with Crippen molar-refractivity contribution in [1.82, 2.24) is 9.55 Å². The summed E-state index contributed by atoms with van der Waals surface area (Å²) in [6, 6.07) is 0.397. The standard InChI is InChI=1S/C18H22N4O10/c1-7(2)14(23)28-6-9-11-12(31-17(26)16(25)30-11)13(29-9)22-5-4-10(20-18(22)27)21-32-15(24)8(3)19/h4-5,7-9,11-13H,6,19H2,1-3H3,(H,20,21,27)/t8-,9+,11?,12?,13+/m0/s1. The van der Waals surface area contributed by atoms with Crippen molar-refractivity contribution in [3.8, 4) is 0 Å². The Morgan fingerprint density at radius 3 is 2.41 bits per heavy atom. The van der Waals surface area contributed by atoms with E-state index in [0.717, 1.165) is 4.57 Å². The zero-order valence-electron chi connectivity index (χ0n) is 17.4. The van der Waals surface area contributed by atoms with Crippen LogP contribution in [0.4, 0.5) is 5.82 Å². The van der Waals surface area contributed by atoms with Crippen LogP contribution >= 0.6 is 0 Å². The molecule has 174 valence electrons. The van der Waals surface area contributed by atoms with Gasteiger partial charge in [-0.2, -0.15) is 4.98 Å². The van der Waals surface area contributed by atoms with Crippen LogP contribution in [0.25, 0.3) is 0 Å². The minimum Gasteiger partial charge on any atom is -0.463 e. The first-order valence-electron chi connectivity index (χ1n) is 9.63. The molecule has 2 saturated heterocycles. The van der Waals surface area contributed by atoms with Crippen molar-refractivity contribution in [2.24, 2.45) is 11.7 Å². The number of aromatic nitrogens is 2. The molecule has 14 heteroatoms. The third kappa shape index (κ3) is 4.86. The molecule has 5 atom stereocenters. The molecule has 0 aromatic carbocycles. The Kier molecular flexibility index (Phi) is 6.74. The van der Waals surface area contributed by atoms with Crippen molar-refractivity contribution in [3.63, 3.8) is 0 Å². The molecule has 14 nitrogen and oxygen atoms in total. The Morgan fingerprint density at radius 2 is 1.81 bits per heavy atom. The summed E-state index contributed by atoms with van der Waals surface area (Å²) in [7, 11) is 0. The number of carbonyl (C=O) groups is 4. The van der Waals surface area contributed by atoms with Crippen LogP contribution in [-0.4, -0.2) is 64.4 Å². The Labute approximate surface area is 180 Å². The first kappa shape index (κ1) is 23.1. The van der Waals surface area contributed by atoms with Crippen LogP contribution in [0.2, 0.25) is 0 Å². The number of rotatable bonds is 7. The molecule has 2 fully saturated rings. The second-order valence-electron chi connectivity index (χ2n) is 7.40. The highest BCUT2D eigenvalue weighted by Crippen LogP contribution is 2.35. The molecule has 0 bridgehead atoms. The van der Waals surface area contributed by atoms with Gasteiger partial charge in [-0.05, 0) is 6.92 Å². The highest BCUT2D eigenvalue weighted by molar-refractivity contribution is 6.30. The molecule has 32 heavy (non-hydrogen) atoms. The van der Waals surface area contributed by atoms with Crippen molar-refractivity contribution in [2.45, 2.75) is 51.4 Å². The van der Waals surface area contributed by atoms with E-state index in [1.807, 2.05) is 0 Å². The quantitative estimate of drug-likeness (QED) is 0.207. The normalized spacial score (nSPS) is 25.4. The van der Waals surface area contributed by atoms with Crippen LogP contribution < -0.4 is 16.9 Å². The molecule has 0 radical (unpaired) electrons. The van der Waals surface area contributed by atoms with E-state index in [-0.39, 0.29) is 12.4 Å². The smallest absolute Gasteiger partial charge is 0.418 e. The summed E-state index contributed by atoms with van der Waals surface area (Å²) in [5.41, 5.74) is 6.71. The fourth-order valence-electron chi connectivity index (χ4n) is 2.87. The molecule has 3 N–H and O–H groups in total. The average molecular weight is 454 g/mol. The molecule has 1 aromatic heterocycles. The number of ether oxygens (including phenoxy) is 4. The molecular weight excluding hydrogens is 432 g/mol. The summed E-state index contributed by atoms with van der Waals surface area (Å²) in [6.45, 7) is 4.39. The summed E-state index contributed by atoms with van der Waals surface area (Å²) < 4.78 is 22.1. The summed E-state index contributed by atoms with van der Waals surface area (Å²) in [4.78, 5) is 67.5. The van der Waals surface area contributed by atoms with E-state index in [4.69, 9.17) is 24.7 Å². The van der Waals surface area contributed by atoms with Crippen LogP contribution in [-0.2, 0) is 43.0 Å². The number of anilines is 1. The van der Waals surface area contributed by atoms with Gasteiger partial charge in [0.15, 0.2) is 24.3 Å². The predicted molar refractivity (Wildman–Crippen MR) is 101 cm³/mol. The van der Waals surface area contributed by atoms with E-state index >= 15 is 0 Å². The van der Waals surface area contributed by atoms with Gasteiger partial charge in [-0.3, -0.25) is 9.36 Å². The van der Waals surface area contributed by atoms with Gasteiger partial charge in [0.1, 0.15) is 18.8 Å².